The van der Waals surface area contributed by atoms with Crippen LogP contribution >= 0.6 is 0 Å². The number of aryl methyl sites for hydroxylation is 1. The Labute approximate surface area is 193 Å². The highest BCUT2D eigenvalue weighted by Crippen LogP contribution is 2.36. The number of aliphatic hydroxyl groups is 3. The van der Waals surface area contributed by atoms with E-state index in [-0.39, 0.29) is 24.5 Å². The topological polar surface area (TPSA) is 69.9 Å². The van der Waals surface area contributed by atoms with Gasteiger partial charge in [-0.05, 0) is 65.1 Å². The molecule has 0 heterocycles. The first-order valence-electron chi connectivity index (χ1n) is 11.8. The third-order valence-electron chi connectivity index (χ3n) is 6.62. The molecule has 4 nitrogen and oxygen atoms in total. The first-order valence-corrected chi connectivity index (χ1v) is 11.8. The molecule has 1 atom stereocenters. The molecular weight excluding hydrogens is 400 g/mol. The zero-order valence-corrected chi connectivity index (χ0v) is 20.3. The predicted octanol–water partition coefficient (Wildman–Crippen LogP) is 5.40. The SMILES string of the molecule is CCc1cc(C(C=Cc2ccc(CO)c(CO)c2)(CC)CC)ccc1OCC(O)C(C)C. The number of benzene rings is 2. The van der Waals surface area contributed by atoms with Crippen LogP contribution in [0.2, 0.25) is 0 Å². The number of allylic oxidation sites excluding steroid dienone is 1. The Balaban J connectivity index is 2.35. The van der Waals surface area contributed by atoms with E-state index in [9.17, 15) is 15.3 Å². The van der Waals surface area contributed by atoms with Crippen LogP contribution in [0.4, 0.5) is 0 Å². The van der Waals surface area contributed by atoms with Crippen LogP contribution in [0.25, 0.3) is 6.08 Å². The van der Waals surface area contributed by atoms with Gasteiger partial charge in [0.15, 0.2) is 0 Å². The molecule has 2 aromatic rings. The number of hydrogen-bond donors (Lipinski definition) is 3. The Kier molecular flexibility index (Phi) is 9.95. The van der Waals surface area contributed by atoms with Crippen molar-refractivity contribution < 1.29 is 20.1 Å². The molecule has 0 radical (unpaired) electrons. The second-order valence-electron chi connectivity index (χ2n) is 8.84. The minimum atomic E-state index is -0.478. The van der Waals surface area contributed by atoms with Gasteiger partial charge >= 0.3 is 0 Å². The molecule has 2 aromatic carbocycles. The molecule has 2 rings (SSSR count). The average Bonchev–Trinajstić information content (AvgIpc) is 2.83. The zero-order valence-electron chi connectivity index (χ0n) is 20.3. The highest BCUT2D eigenvalue weighted by Gasteiger charge is 2.26. The van der Waals surface area contributed by atoms with Crippen LogP contribution in [0.3, 0.4) is 0 Å². The quantitative estimate of drug-likeness (QED) is 0.413. The van der Waals surface area contributed by atoms with Gasteiger partial charge in [-0.15, -0.1) is 0 Å². The summed E-state index contributed by atoms with van der Waals surface area (Å²) in [5, 5.41) is 29.1. The molecule has 0 bridgehead atoms. The highest BCUT2D eigenvalue weighted by atomic mass is 16.5. The van der Waals surface area contributed by atoms with E-state index >= 15 is 0 Å². The van der Waals surface area contributed by atoms with Gasteiger partial charge in [-0.1, -0.05) is 71.0 Å². The van der Waals surface area contributed by atoms with Gasteiger partial charge in [0.1, 0.15) is 12.4 Å². The summed E-state index contributed by atoms with van der Waals surface area (Å²) in [7, 11) is 0. The first kappa shape index (κ1) is 26.1. The van der Waals surface area contributed by atoms with E-state index in [1.807, 2.05) is 38.1 Å². The van der Waals surface area contributed by atoms with E-state index in [2.05, 4.69) is 45.1 Å². The van der Waals surface area contributed by atoms with Crippen LogP contribution in [0.5, 0.6) is 5.75 Å². The van der Waals surface area contributed by atoms with E-state index in [4.69, 9.17) is 4.74 Å². The molecule has 0 saturated heterocycles. The molecule has 176 valence electrons. The predicted molar refractivity (Wildman–Crippen MR) is 132 cm³/mol. The van der Waals surface area contributed by atoms with Gasteiger partial charge < -0.3 is 20.1 Å². The number of hydrogen-bond acceptors (Lipinski definition) is 4. The molecule has 4 heteroatoms. The third kappa shape index (κ3) is 6.22. The van der Waals surface area contributed by atoms with Gasteiger partial charge in [0.25, 0.3) is 0 Å². The Hall–Kier alpha value is -2.14. The molecule has 32 heavy (non-hydrogen) atoms. The lowest BCUT2D eigenvalue weighted by atomic mass is 9.74. The maximum absolute atomic E-state index is 10.1. The summed E-state index contributed by atoms with van der Waals surface area (Å²) >= 11 is 0. The summed E-state index contributed by atoms with van der Waals surface area (Å²) < 4.78 is 5.95. The molecule has 0 aliphatic rings. The fourth-order valence-electron chi connectivity index (χ4n) is 3.97. The maximum atomic E-state index is 10.1. The molecule has 0 aliphatic carbocycles. The van der Waals surface area contributed by atoms with Crippen LogP contribution in [0.15, 0.2) is 42.5 Å². The third-order valence-corrected chi connectivity index (χ3v) is 6.62. The summed E-state index contributed by atoms with van der Waals surface area (Å²) in [6, 6.07) is 12.2. The van der Waals surface area contributed by atoms with Crippen molar-refractivity contribution in [2.75, 3.05) is 6.61 Å². The van der Waals surface area contributed by atoms with E-state index in [1.54, 1.807) is 0 Å². The largest absolute Gasteiger partial charge is 0.491 e. The monoisotopic (exact) mass is 440 g/mol. The molecule has 0 spiro atoms. The summed E-state index contributed by atoms with van der Waals surface area (Å²) in [4.78, 5) is 0. The Morgan fingerprint density at radius 1 is 0.906 bits per heavy atom. The second kappa shape index (κ2) is 12.2. The second-order valence-corrected chi connectivity index (χ2v) is 8.84. The van der Waals surface area contributed by atoms with Gasteiger partial charge in [-0.3, -0.25) is 0 Å². The van der Waals surface area contributed by atoms with E-state index in [1.165, 1.54) is 5.56 Å². The van der Waals surface area contributed by atoms with Crippen molar-refractivity contribution in [2.24, 2.45) is 5.92 Å². The summed E-state index contributed by atoms with van der Waals surface area (Å²) in [6.07, 6.45) is 6.67. The smallest absolute Gasteiger partial charge is 0.122 e. The molecule has 3 N–H and O–H groups in total. The first-order chi connectivity index (χ1) is 15.3. The Bertz CT molecular complexity index is 881. The Morgan fingerprint density at radius 3 is 2.16 bits per heavy atom. The van der Waals surface area contributed by atoms with Gasteiger partial charge in [0, 0.05) is 5.41 Å². The van der Waals surface area contributed by atoms with Crippen molar-refractivity contribution in [3.63, 3.8) is 0 Å². The molecular formula is C28H40O4. The lowest BCUT2D eigenvalue weighted by molar-refractivity contribution is 0.0697. The minimum Gasteiger partial charge on any atom is -0.491 e. The minimum absolute atomic E-state index is 0.0733. The highest BCUT2D eigenvalue weighted by molar-refractivity contribution is 5.55. The van der Waals surface area contributed by atoms with E-state index in [0.29, 0.717) is 6.61 Å². The van der Waals surface area contributed by atoms with Gasteiger partial charge in [-0.25, -0.2) is 0 Å². The van der Waals surface area contributed by atoms with E-state index < -0.39 is 6.10 Å². The molecule has 1 unspecified atom stereocenters. The van der Waals surface area contributed by atoms with Crippen molar-refractivity contribution in [3.8, 4) is 5.75 Å². The molecule has 0 fully saturated rings. The maximum Gasteiger partial charge on any atom is 0.122 e. The van der Waals surface area contributed by atoms with Crippen molar-refractivity contribution >= 4 is 6.08 Å². The summed E-state index contributed by atoms with van der Waals surface area (Å²) in [5.74, 6) is 1.00. The fraction of sp³-hybridized carbons (Fsp3) is 0.500. The molecule has 0 amide bonds. The lowest BCUT2D eigenvalue weighted by Gasteiger charge is -2.30. The lowest BCUT2D eigenvalue weighted by Crippen LogP contribution is -2.24. The number of aliphatic hydroxyl groups excluding tert-OH is 3. The molecule has 0 aromatic heterocycles. The zero-order chi connectivity index (χ0) is 23.7. The van der Waals surface area contributed by atoms with Crippen LogP contribution in [0.1, 0.15) is 75.3 Å². The van der Waals surface area contributed by atoms with Crippen molar-refractivity contribution in [1.29, 1.82) is 0 Å². The van der Waals surface area contributed by atoms with Crippen LogP contribution < -0.4 is 4.74 Å². The normalized spacial score (nSPS) is 13.2. The van der Waals surface area contributed by atoms with Crippen LogP contribution in [0, 0.1) is 5.92 Å². The van der Waals surface area contributed by atoms with E-state index in [0.717, 1.165) is 47.3 Å². The number of ether oxygens (including phenoxy) is 1. The number of rotatable bonds is 12. The van der Waals surface area contributed by atoms with Gasteiger partial charge in [0.05, 0.1) is 19.3 Å². The van der Waals surface area contributed by atoms with Gasteiger partial charge in [0.2, 0.25) is 0 Å². The van der Waals surface area contributed by atoms with Crippen LogP contribution in [-0.2, 0) is 25.0 Å². The van der Waals surface area contributed by atoms with Crippen molar-refractivity contribution in [3.05, 3.63) is 70.3 Å². The standard InChI is InChI=1S/C28H40O4/c1-6-22-16-25(11-12-27(22)32-19-26(31)20(4)5)28(7-2,8-3)14-13-21-9-10-23(17-29)24(15-21)18-30/h9-16,20,26,29-31H,6-8,17-19H2,1-5H3. The van der Waals surface area contributed by atoms with Crippen molar-refractivity contribution in [2.45, 2.75) is 78.6 Å². The summed E-state index contributed by atoms with van der Waals surface area (Å²) in [6.45, 7) is 10.7. The Morgan fingerprint density at radius 2 is 1.59 bits per heavy atom. The van der Waals surface area contributed by atoms with Crippen LogP contribution in [-0.4, -0.2) is 28.0 Å². The summed E-state index contributed by atoms with van der Waals surface area (Å²) in [5.41, 5.74) is 4.81. The fourth-order valence-corrected chi connectivity index (χ4v) is 3.97. The molecule has 0 saturated carbocycles. The molecule has 0 aliphatic heterocycles. The van der Waals surface area contributed by atoms with Gasteiger partial charge in [-0.2, -0.15) is 0 Å². The average molecular weight is 441 g/mol. The van der Waals surface area contributed by atoms with Crippen molar-refractivity contribution in [1.82, 2.24) is 0 Å².